The number of ether oxygens (including phenoxy) is 2. The van der Waals surface area contributed by atoms with E-state index in [2.05, 4.69) is 5.43 Å². The Bertz CT molecular complexity index is 514. The van der Waals surface area contributed by atoms with Crippen LogP contribution in [0.2, 0.25) is 0 Å². The van der Waals surface area contributed by atoms with Crippen molar-refractivity contribution in [2.45, 2.75) is 39.0 Å². The first-order chi connectivity index (χ1) is 9.29. The van der Waals surface area contributed by atoms with Gasteiger partial charge in [0.2, 0.25) is 0 Å². The predicted octanol–water partition coefficient (Wildman–Crippen LogP) is 2.35. The number of hydrogen-bond donors (Lipinski definition) is 2. The van der Waals surface area contributed by atoms with E-state index in [4.69, 9.17) is 9.47 Å². The fraction of sp³-hybridized carbons (Fsp3) is 0.500. The van der Waals surface area contributed by atoms with Crippen molar-refractivity contribution in [1.29, 1.82) is 0 Å². The summed E-state index contributed by atoms with van der Waals surface area (Å²) in [6.45, 7) is 7.21. The summed E-state index contributed by atoms with van der Waals surface area (Å²) < 4.78 is 10.7. The Kier molecular flexibility index (Phi) is 3.52. The third kappa shape index (κ3) is 2.27. The Morgan fingerprint density at radius 2 is 2.00 bits per heavy atom. The number of nitrogens with zero attached hydrogens (tertiary/aromatic N) is 1. The first-order valence-corrected chi connectivity index (χ1v) is 6.53. The molecule has 110 valence electrons. The Balaban J connectivity index is 2.28. The molecule has 20 heavy (non-hydrogen) atoms. The van der Waals surface area contributed by atoms with Gasteiger partial charge in [-0.2, -0.15) is 5.01 Å². The van der Waals surface area contributed by atoms with Gasteiger partial charge in [-0.15, -0.1) is 0 Å². The lowest BCUT2D eigenvalue weighted by Crippen LogP contribution is -2.55. The SMILES string of the molecule is CCOc1ccccc1NN1C(=O)OC(C)(C)C1(C)O. The van der Waals surface area contributed by atoms with Crippen LogP contribution in [0.3, 0.4) is 0 Å². The molecule has 2 N–H and O–H groups in total. The highest BCUT2D eigenvalue weighted by atomic mass is 16.6. The molecule has 0 radical (unpaired) electrons. The van der Waals surface area contributed by atoms with Crippen molar-refractivity contribution in [1.82, 2.24) is 5.01 Å². The molecular formula is C14H20N2O4. The third-order valence-corrected chi connectivity index (χ3v) is 3.52. The molecule has 0 aliphatic carbocycles. The highest BCUT2D eigenvalue weighted by molar-refractivity contribution is 5.75. The molecule has 1 unspecified atom stereocenters. The number of amides is 1. The second-order valence-corrected chi connectivity index (χ2v) is 5.28. The molecule has 6 nitrogen and oxygen atoms in total. The zero-order chi connectivity index (χ0) is 15.0. The second kappa shape index (κ2) is 4.86. The van der Waals surface area contributed by atoms with Crippen LogP contribution in [0.15, 0.2) is 24.3 Å². The number of anilines is 1. The summed E-state index contributed by atoms with van der Waals surface area (Å²) >= 11 is 0. The van der Waals surface area contributed by atoms with Crippen molar-refractivity contribution < 1.29 is 19.4 Å². The summed E-state index contributed by atoms with van der Waals surface area (Å²) in [4.78, 5) is 11.9. The first-order valence-electron chi connectivity index (χ1n) is 6.53. The molecule has 0 spiro atoms. The number of rotatable bonds is 4. The number of cyclic esters (lactones) is 1. The quantitative estimate of drug-likeness (QED) is 0.886. The zero-order valence-electron chi connectivity index (χ0n) is 12.1. The molecule has 1 aromatic carbocycles. The third-order valence-electron chi connectivity index (χ3n) is 3.52. The minimum absolute atomic E-state index is 0.505. The Morgan fingerprint density at radius 1 is 1.35 bits per heavy atom. The molecule has 1 saturated heterocycles. The number of benzene rings is 1. The molecule has 1 heterocycles. The molecule has 1 aromatic rings. The van der Waals surface area contributed by atoms with E-state index in [-0.39, 0.29) is 0 Å². The standard InChI is InChI=1S/C14H20N2O4/c1-5-19-11-9-7-6-8-10(11)15-16-12(17)20-13(2,3)14(16,4)18/h6-9,15,18H,5H2,1-4H3. The van der Waals surface area contributed by atoms with Crippen LogP contribution in [0, 0.1) is 0 Å². The minimum Gasteiger partial charge on any atom is -0.492 e. The largest absolute Gasteiger partial charge is 0.492 e. The van der Waals surface area contributed by atoms with Crippen molar-refractivity contribution >= 4 is 11.8 Å². The normalized spacial score (nSPS) is 24.4. The van der Waals surface area contributed by atoms with Crippen LogP contribution in [0.25, 0.3) is 0 Å². The highest BCUT2D eigenvalue weighted by Gasteiger charge is 2.57. The maximum Gasteiger partial charge on any atom is 0.432 e. The number of hydrazine groups is 1. The van der Waals surface area contributed by atoms with Gasteiger partial charge < -0.3 is 14.6 Å². The molecule has 1 fully saturated rings. The second-order valence-electron chi connectivity index (χ2n) is 5.28. The summed E-state index contributed by atoms with van der Waals surface area (Å²) in [5.41, 5.74) is 0.962. The number of para-hydroxylation sites is 2. The first kappa shape index (κ1) is 14.5. The molecule has 0 aromatic heterocycles. The Hall–Kier alpha value is -1.95. The van der Waals surface area contributed by atoms with E-state index in [1.165, 1.54) is 6.92 Å². The van der Waals surface area contributed by atoms with Crippen molar-refractivity contribution in [3.8, 4) is 5.75 Å². The number of hydrogen-bond acceptors (Lipinski definition) is 5. The Morgan fingerprint density at radius 3 is 2.55 bits per heavy atom. The monoisotopic (exact) mass is 280 g/mol. The molecule has 0 saturated carbocycles. The molecule has 1 aliphatic heterocycles. The molecule has 2 rings (SSSR count). The summed E-state index contributed by atoms with van der Waals surface area (Å²) in [5, 5.41) is 11.6. The van der Waals surface area contributed by atoms with Crippen LogP contribution in [0.5, 0.6) is 5.75 Å². The van der Waals surface area contributed by atoms with E-state index < -0.39 is 17.4 Å². The van der Waals surface area contributed by atoms with Gasteiger partial charge in [-0.3, -0.25) is 5.43 Å². The lowest BCUT2D eigenvalue weighted by atomic mass is 9.97. The lowest BCUT2D eigenvalue weighted by Gasteiger charge is -2.35. The highest BCUT2D eigenvalue weighted by Crippen LogP contribution is 2.38. The van der Waals surface area contributed by atoms with Gasteiger partial charge >= 0.3 is 6.09 Å². The van der Waals surface area contributed by atoms with E-state index in [9.17, 15) is 9.90 Å². The van der Waals surface area contributed by atoms with Crippen LogP contribution in [0.1, 0.15) is 27.7 Å². The average Bonchev–Trinajstić information content (AvgIpc) is 2.50. The molecule has 1 aliphatic rings. The Labute approximate surface area is 118 Å². The van der Waals surface area contributed by atoms with Crippen molar-refractivity contribution in [2.24, 2.45) is 0 Å². The van der Waals surface area contributed by atoms with Crippen LogP contribution < -0.4 is 10.2 Å². The smallest absolute Gasteiger partial charge is 0.432 e. The van der Waals surface area contributed by atoms with Gasteiger partial charge in [0, 0.05) is 0 Å². The van der Waals surface area contributed by atoms with Gasteiger partial charge in [0.15, 0.2) is 11.3 Å². The van der Waals surface area contributed by atoms with E-state index in [0.717, 1.165) is 5.01 Å². The van der Waals surface area contributed by atoms with Gasteiger partial charge in [-0.05, 0) is 39.8 Å². The van der Waals surface area contributed by atoms with Gasteiger partial charge in [0.1, 0.15) is 5.75 Å². The van der Waals surface area contributed by atoms with Crippen LogP contribution in [0.4, 0.5) is 10.5 Å². The maximum atomic E-state index is 11.9. The summed E-state index contributed by atoms with van der Waals surface area (Å²) in [5.74, 6) is 0.600. The number of nitrogens with one attached hydrogen (secondary N) is 1. The summed E-state index contributed by atoms with van der Waals surface area (Å²) in [7, 11) is 0. The van der Waals surface area contributed by atoms with Gasteiger partial charge in [-0.1, -0.05) is 12.1 Å². The molecular weight excluding hydrogens is 260 g/mol. The molecule has 1 atom stereocenters. The number of carbonyl (C=O) groups is 1. The molecule has 0 bridgehead atoms. The van der Waals surface area contributed by atoms with Crippen LogP contribution >= 0.6 is 0 Å². The van der Waals surface area contributed by atoms with E-state index >= 15 is 0 Å². The van der Waals surface area contributed by atoms with Crippen molar-refractivity contribution in [3.63, 3.8) is 0 Å². The zero-order valence-corrected chi connectivity index (χ0v) is 12.1. The average molecular weight is 280 g/mol. The van der Waals surface area contributed by atoms with Crippen molar-refractivity contribution in [3.05, 3.63) is 24.3 Å². The predicted molar refractivity (Wildman–Crippen MR) is 74.3 cm³/mol. The number of carbonyl (C=O) groups excluding carboxylic acids is 1. The van der Waals surface area contributed by atoms with Crippen LogP contribution in [-0.2, 0) is 4.74 Å². The summed E-state index contributed by atoms with van der Waals surface area (Å²) in [6.07, 6.45) is -0.633. The number of aliphatic hydroxyl groups is 1. The summed E-state index contributed by atoms with van der Waals surface area (Å²) in [6, 6.07) is 7.19. The fourth-order valence-corrected chi connectivity index (χ4v) is 1.92. The van der Waals surface area contributed by atoms with E-state index in [1.807, 2.05) is 19.1 Å². The maximum absolute atomic E-state index is 11.9. The van der Waals surface area contributed by atoms with Crippen LogP contribution in [-0.4, -0.2) is 34.1 Å². The van der Waals surface area contributed by atoms with Gasteiger partial charge in [0.25, 0.3) is 0 Å². The molecule has 1 amide bonds. The fourth-order valence-electron chi connectivity index (χ4n) is 1.92. The topological polar surface area (TPSA) is 71.0 Å². The molecule has 6 heteroatoms. The van der Waals surface area contributed by atoms with Crippen molar-refractivity contribution in [2.75, 3.05) is 12.0 Å². The van der Waals surface area contributed by atoms with Gasteiger partial charge in [-0.25, -0.2) is 4.79 Å². The van der Waals surface area contributed by atoms with E-state index in [1.54, 1.807) is 26.0 Å². The van der Waals surface area contributed by atoms with E-state index in [0.29, 0.717) is 18.0 Å². The van der Waals surface area contributed by atoms with Gasteiger partial charge in [0.05, 0.1) is 12.3 Å². The minimum atomic E-state index is -1.48. The lowest BCUT2D eigenvalue weighted by molar-refractivity contribution is -0.121.